The fourth-order valence-corrected chi connectivity index (χ4v) is 4.08. The summed E-state index contributed by atoms with van der Waals surface area (Å²) in [6.45, 7) is 8.82. The zero-order chi connectivity index (χ0) is 19.4. The number of imidazole rings is 2. The van der Waals surface area contributed by atoms with Gasteiger partial charge in [-0.25, -0.2) is 9.97 Å². The summed E-state index contributed by atoms with van der Waals surface area (Å²) in [4.78, 5) is 12.5. The molecule has 2 aromatic heterocycles. The van der Waals surface area contributed by atoms with Gasteiger partial charge in [-0.3, -0.25) is 4.57 Å². The normalized spacial score (nSPS) is 13.3. The predicted molar refractivity (Wildman–Crippen MR) is 109 cm³/mol. The molecule has 0 bridgehead atoms. The SMILES string of the molecule is [C-]#[N+]c1cnc2n1CCc1ccc(Oc3ccc4c(c3)-c3nccn3CN4)cc1-2. The second kappa shape index (κ2) is 5.97. The maximum atomic E-state index is 7.32. The second-order valence-corrected chi connectivity index (χ2v) is 7.14. The predicted octanol–water partition coefficient (Wildman–Crippen LogP) is 4.70. The van der Waals surface area contributed by atoms with Gasteiger partial charge in [-0.2, -0.15) is 0 Å². The Morgan fingerprint density at radius 3 is 2.79 bits per heavy atom. The van der Waals surface area contributed by atoms with Crippen LogP contribution in [0.5, 0.6) is 11.5 Å². The van der Waals surface area contributed by atoms with Crippen LogP contribution in [0.3, 0.4) is 0 Å². The van der Waals surface area contributed by atoms with E-state index in [1.165, 1.54) is 5.56 Å². The van der Waals surface area contributed by atoms with Crippen LogP contribution in [-0.2, 0) is 19.6 Å². The number of nitrogens with zero attached hydrogens (tertiary/aromatic N) is 5. The van der Waals surface area contributed by atoms with E-state index in [4.69, 9.17) is 11.3 Å². The molecule has 0 spiro atoms. The maximum Gasteiger partial charge on any atom is 0.250 e. The Morgan fingerprint density at radius 2 is 1.90 bits per heavy atom. The average molecular weight is 380 g/mol. The Bertz CT molecular complexity index is 1310. The molecule has 1 N–H and O–H groups in total. The number of hydrogen-bond acceptors (Lipinski definition) is 4. The lowest BCUT2D eigenvalue weighted by atomic mass is 10.0. The summed E-state index contributed by atoms with van der Waals surface area (Å²) in [5.74, 6) is 3.84. The molecule has 4 heterocycles. The van der Waals surface area contributed by atoms with Crippen molar-refractivity contribution in [2.75, 3.05) is 5.32 Å². The molecule has 0 radical (unpaired) electrons. The van der Waals surface area contributed by atoms with Crippen LogP contribution in [0.15, 0.2) is 55.0 Å². The monoisotopic (exact) mass is 380 g/mol. The van der Waals surface area contributed by atoms with E-state index in [1.54, 1.807) is 6.20 Å². The van der Waals surface area contributed by atoms with Gasteiger partial charge in [0.25, 0.3) is 0 Å². The highest BCUT2D eigenvalue weighted by Gasteiger charge is 2.23. The van der Waals surface area contributed by atoms with Crippen molar-refractivity contribution < 1.29 is 4.74 Å². The molecule has 0 fully saturated rings. The number of aryl methyl sites for hydroxylation is 1. The van der Waals surface area contributed by atoms with Gasteiger partial charge in [-0.05, 0) is 35.9 Å². The van der Waals surface area contributed by atoms with Crippen LogP contribution >= 0.6 is 0 Å². The second-order valence-electron chi connectivity index (χ2n) is 7.14. The van der Waals surface area contributed by atoms with E-state index in [-0.39, 0.29) is 0 Å². The number of nitrogens with one attached hydrogen (secondary N) is 1. The minimum Gasteiger partial charge on any atom is -0.457 e. The van der Waals surface area contributed by atoms with Gasteiger partial charge in [-0.1, -0.05) is 12.6 Å². The quantitative estimate of drug-likeness (QED) is 0.512. The number of anilines is 1. The van der Waals surface area contributed by atoms with Crippen LogP contribution in [0.1, 0.15) is 5.56 Å². The van der Waals surface area contributed by atoms with Gasteiger partial charge in [0.2, 0.25) is 11.6 Å². The highest BCUT2D eigenvalue weighted by Crippen LogP contribution is 2.38. The van der Waals surface area contributed by atoms with Crippen molar-refractivity contribution in [3.05, 3.63) is 72.0 Å². The van der Waals surface area contributed by atoms with Crippen LogP contribution in [0.2, 0.25) is 0 Å². The molecule has 140 valence electrons. The molecule has 7 nitrogen and oxygen atoms in total. The van der Waals surface area contributed by atoms with Gasteiger partial charge in [0.05, 0.1) is 19.4 Å². The lowest BCUT2D eigenvalue weighted by Crippen LogP contribution is -2.14. The molecule has 2 aliphatic heterocycles. The molecule has 0 saturated heterocycles. The largest absolute Gasteiger partial charge is 0.457 e. The van der Waals surface area contributed by atoms with E-state index in [9.17, 15) is 0 Å². The zero-order valence-corrected chi connectivity index (χ0v) is 15.5. The number of hydrogen-bond donors (Lipinski definition) is 1. The number of ether oxygens (including phenoxy) is 1. The average Bonchev–Trinajstić information content (AvgIpc) is 3.40. The Hall–Kier alpha value is -4.05. The molecule has 4 aromatic rings. The highest BCUT2D eigenvalue weighted by molar-refractivity contribution is 5.77. The maximum absolute atomic E-state index is 7.32. The summed E-state index contributed by atoms with van der Waals surface area (Å²) in [5, 5.41) is 3.39. The van der Waals surface area contributed by atoms with Crippen LogP contribution in [0, 0.1) is 6.57 Å². The van der Waals surface area contributed by atoms with E-state index in [0.717, 1.165) is 52.9 Å². The number of fused-ring (bicyclic) bond motifs is 6. The van der Waals surface area contributed by atoms with E-state index < -0.39 is 0 Å². The minimum atomic E-state index is 0.578. The van der Waals surface area contributed by atoms with Crippen molar-refractivity contribution in [3.63, 3.8) is 0 Å². The van der Waals surface area contributed by atoms with Gasteiger partial charge in [0.15, 0.2) is 0 Å². The standard InChI is InChI=1S/C22H16N6O/c1-23-20-12-25-22-17-10-15(3-2-14(17)6-8-28(20)22)29-16-4-5-19-18(11-16)21-24-7-9-27(21)13-26-19/h2-5,7,9-12,26H,6,8,13H2. The lowest BCUT2D eigenvalue weighted by Gasteiger charge is -2.21. The highest BCUT2D eigenvalue weighted by atomic mass is 16.5. The Labute approximate surface area is 167 Å². The first-order valence-corrected chi connectivity index (χ1v) is 9.44. The van der Waals surface area contributed by atoms with Crippen molar-refractivity contribution in [1.82, 2.24) is 19.1 Å². The molecule has 7 heteroatoms. The van der Waals surface area contributed by atoms with Crippen LogP contribution in [-0.4, -0.2) is 19.1 Å². The zero-order valence-electron chi connectivity index (χ0n) is 15.5. The molecule has 0 saturated carbocycles. The third-order valence-corrected chi connectivity index (χ3v) is 5.50. The van der Waals surface area contributed by atoms with E-state index in [2.05, 4.69) is 30.8 Å². The third kappa shape index (κ3) is 2.43. The van der Waals surface area contributed by atoms with Crippen molar-refractivity contribution in [1.29, 1.82) is 0 Å². The van der Waals surface area contributed by atoms with Crippen LogP contribution < -0.4 is 10.1 Å². The lowest BCUT2D eigenvalue weighted by molar-refractivity contribution is 0.482. The molecule has 6 rings (SSSR count). The molecular weight excluding hydrogens is 364 g/mol. The fourth-order valence-electron chi connectivity index (χ4n) is 4.08. The molecule has 0 amide bonds. The molecular formula is C22H16N6O. The Kier molecular flexibility index (Phi) is 3.29. The molecule has 0 atom stereocenters. The molecule has 0 aliphatic carbocycles. The summed E-state index contributed by atoms with van der Waals surface area (Å²) < 4.78 is 10.2. The summed E-state index contributed by atoms with van der Waals surface area (Å²) in [7, 11) is 0. The third-order valence-electron chi connectivity index (χ3n) is 5.50. The molecule has 2 aromatic carbocycles. The fraction of sp³-hybridized carbons (Fsp3) is 0.136. The molecule has 0 unspecified atom stereocenters. The number of benzene rings is 2. The first kappa shape index (κ1) is 16.0. The number of aromatic nitrogens is 4. The summed E-state index contributed by atoms with van der Waals surface area (Å²) >= 11 is 0. The van der Waals surface area contributed by atoms with Gasteiger partial charge in [-0.15, -0.1) is 0 Å². The first-order valence-electron chi connectivity index (χ1n) is 9.44. The van der Waals surface area contributed by atoms with Crippen molar-refractivity contribution >= 4 is 11.5 Å². The molecule has 29 heavy (non-hydrogen) atoms. The van der Waals surface area contributed by atoms with E-state index in [0.29, 0.717) is 12.5 Å². The minimum absolute atomic E-state index is 0.578. The van der Waals surface area contributed by atoms with Gasteiger partial charge in [0, 0.05) is 35.6 Å². The first-order chi connectivity index (χ1) is 14.3. The topological polar surface area (TPSA) is 61.3 Å². The number of rotatable bonds is 2. The summed E-state index contributed by atoms with van der Waals surface area (Å²) in [6.07, 6.45) is 6.29. The van der Waals surface area contributed by atoms with Crippen molar-refractivity contribution in [3.8, 4) is 34.3 Å². The summed E-state index contributed by atoms with van der Waals surface area (Å²) in [6, 6.07) is 12.1. The van der Waals surface area contributed by atoms with Crippen LogP contribution in [0.4, 0.5) is 11.5 Å². The van der Waals surface area contributed by atoms with Gasteiger partial charge >= 0.3 is 0 Å². The van der Waals surface area contributed by atoms with Crippen molar-refractivity contribution in [2.45, 2.75) is 19.6 Å². The Balaban J connectivity index is 1.37. The van der Waals surface area contributed by atoms with Gasteiger partial charge in [0.1, 0.15) is 17.3 Å². The van der Waals surface area contributed by atoms with Gasteiger partial charge < -0.3 is 19.5 Å². The smallest absolute Gasteiger partial charge is 0.250 e. The molecule has 2 aliphatic rings. The van der Waals surface area contributed by atoms with E-state index in [1.807, 2.05) is 47.3 Å². The van der Waals surface area contributed by atoms with Crippen LogP contribution in [0.25, 0.3) is 27.6 Å². The summed E-state index contributed by atoms with van der Waals surface area (Å²) in [5.41, 5.74) is 4.33. The van der Waals surface area contributed by atoms with Crippen molar-refractivity contribution in [2.24, 2.45) is 0 Å². The Morgan fingerprint density at radius 1 is 1.03 bits per heavy atom. The van der Waals surface area contributed by atoms with E-state index >= 15 is 0 Å².